The molecule has 0 bridgehead atoms. The molecule has 0 aliphatic rings. The third-order valence-corrected chi connectivity index (χ3v) is 3.38. The highest BCUT2D eigenvalue weighted by Gasteiger charge is 2.12. The van der Waals surface area contributed by atoms with Crippen LogP contribution in [0, 0.1) is 6.92 Å². The second kappa shape index (κ2) is 5.36. The van der Waals surface area contributed by atoms with Crippen molar-refractivity contribution in [1.29, 1.82) is 0 Å². The largest absolute Gasteiger partial charge is 0.330 e. The fourth-order valence-electron chi connectivity index (χ4n) is 2.23. The Kier molecular flexibility index (Phi) is 3.82. The summed E-state index contributed by atoms with van der Waals surface area (Å²) in [6, 6.07) is 8.67. The monoisotopic (exact) mass is 243 g/mol. The van der Waals surface area contributed by atoms with E-state index in [0.29, 0.717) is 0 Å². The first-order valence-corrected chi connectivity index (χ1v) is 6.43. The van der Waals surface area contributed by atoms with Crippen molar-refractivity contribution in [3.05, 3.63) is 41.2 Å². The second-order valence-electron chi connectivity index (χ2n) is 4.61. The SMILES string of the molecule is CCc1ccc(-c2nc(C)c(CNC)n2C)cc1. The van der Waals surface area contributed by atoms with Crippen molar-refractivity contribution in [1.82, 2.24) is 14.9 Å². The van der Waals surface area contributed by atoms with Crippen LogP contribution >= 0.6 is 0 Å². The van der Waals surface area contributed by atoms with Crippen LogP contribution in [0.25, 0.3) is 11.4 Å². The summed E-state index contributed by atoms with van der Waals surface area (Å²) in [6.07, 6.45) is 1.07. The molecule has 0 aliphatic heterocycles. The van der Waals surface area contributed by atoms with Gasteiger partial charge in [0.15, 0.2) is 0 Å². The highest BCUT2D eigenvalue weighted by Crippen LogP contribution is 2.21. The van der Waals surface area contributed by atoms with Crippen molar-refractivity contribution in [2.75, 3.05) is 7.05 Å². The van der Waals surface area contributed by atoms with Crippen molar-refractivity contribution in [3.63, 3.8) is 0 Å². The smallest absolute Gasteiger partial charge is 0.140 e. The molecule has 3 heteroatoms. The van der Waals surface area contributed by atoms with Crippen LogP contribution in [0.5, 0.6) is 0 Å². The molecule has 0 aliphatic carbocycles. The minimum Gasteiger partial charge on any atom is -0.330 e. The van der Waals surface area contributed by atoms with Crippen molar-refractivity contribution in [2.24, 2.45) is 7.05 Å². The van der Waals surface area contributed by atoms with Crippen molar-refractivity contribution < 1.29 is 0 Å². The molecule has 1 N–H and O–H groups in total. The third-order valence-electron chi connectivity index (χ3n) is 3.38. The summed E-state index contributed by atoms with van der Waals surface area (Å²) in [4.78, 5) is 4.68. The molecule has 0 amide bonds. The number of imidazole rings is 1. The lowest BCUT2D eigenvalue weighted by molar-refractivity contribution is 0.732. The Morgan fingerprint density at radius 2 is 1.89 bits per heavy atom. The number of nitrogens with zero attached hydrogens (tertiary/aromatic N) is 2. The Morgan fingerprint density at radius 3 is 2.44 bits per heavy atom. The Morgan fingerprint density at radius 1 is 1.22 bits per heavy atom. The molecule has 18 heavy (non-hydrogen) atoms. The summed E-state index contributed by atoms with van der Waals surface area (Å²) >= 11 is 0. The Labute approximate surface area is 109 Å². The zero-order valence-electron chi connectivity index (χ0n) is 11.6. The summed E-state index contributed by atoms with van der Waals surface area (Å²) in [6.45, 7) is 5.09. The van der Waals surface area contributed by atoms with E-state index >= 15 is 0 Å². The van der Waals surface area contributed by atoms with Gasteiger partial charge in [-0.15, -0.1) is 0 Å². The molecule has 0 radical (unpaired) electrons. The van der Waals surface area contributed by atoms with Crippen LogP contribution in [-0.2, 0) is 20.0 Å². The van der Waals surface area contributed by atoms with Gasteiger partial charge in [-0.2, -0.15) is 0 Å². The normalized spacial score (nSPS) is 10.9. The van der Waals surface area contributed by atoms with Crippen LogP contribution in [0.3, 0.4) is 0 Å². The topological polar surface area (TPSA) is 29.9 Å². The Bertz CT molecular complexity index is 523. The molecule has 0 unspecified atom stereocenters. The standard InChI is InChI=1S/C15H21N3/c1-5-12-6-8-13(9-7-12)15-17-11(2)14(10-16-3)18(15)4/h6-9,16H,5,10H2,1-4H3. The van der Waals surface area contributed by atoms with Crippen LogP contribution in [0.15, 0.2) is 24.3 Å². The molecular formula is C15H21N3. The highest BCUT2D eigenvalue weighted by atomic mass is 15.1. The van der Waals surface area contributed by atoms with Gasteiger partial charge in [0.25, 0.3) is 0 Å². The summed E-state index contributed by atoms with van der Waals surface area (Å²) in [7, 11) is 4.04. The minimum atomic E-state index is 0.850. The number of aromatic nitrogens is 2. The van der Waals surface area contributed by atoms with E-state index in [1.54, 1.807) is 0 Å². The fourth-order valence-corrected chi connectivity index (χ4v) is 2.23. The van der Waals surface area contributed by atoms with Gasteiger partial charge in [0, 0.05) is 19.2 Å². The highest BCUT2D eigenvalue weighted by molar-refractivity contribution is 5.57. The maximum absolute atomic E-state index is 4.68. The average Bonchev–Trinajstić information content (AvgIpc) is 2.67. The van der Waals surface area contributed by atoms with Crippen LogP contribution in [0.2, 0.25) is 0 Å². The van der Waals surface area contributed by atoms with Gasteiger partial charge in [0.05, 0.1) is 11.4 Å². The van der Waals surface area contributed by atoms with E-state index in [0.717, 1.165) is 24.5 Å². The van der Waals surface area contributed by atoms with E-state index in [1.165, 1.54) is 16.8 Å². The van der Waals surface area contributed by atoms with Gasteiger partial charge in [-0.1, -0.05) is 31.2 Å². The van der Waals surface area contributed by atoms with Gasteiger partial charge in [0.2, 0.25) is 0 Å². The van der Waals surface area contributed by atoms with E-state index in [2.05, 4.69) is 60.0 Å². The van der Waals surface area contributed by atoms with Crippen molar-refractivity contribution >= 4 is 0 Å². The summed E-state index contributed by atoms with van der Waals surface area (Å²) in [5.41, 5.74) is 4.88. The second-order valence-corrected chi connectivity index (χ2v) is 4.61. The number of nitrogens with one attached hydrogen (secondary N) is 1. The van der Waals surface area contributed by atoms with E-state index < -0.39 is 0 Å². The van der Waals surface area contributed by atoms with Gasteiger partial charge in [-0.3, -0.25) is 0 Å². The number of rotatable bonds is 4. The van der Waals surface area contributed by atoms with E-state index in [4.69, 9.17) is 0 Å². The average molecular weight is 243 g/mol. The van der Waals surface area contributed by atoms with Gasteiger partial charge >= 0.3 is 0 Å². The molecule has 3 nitrogen and oxygen atoms in total. The lowest BCUT2D eigenvalue weighted by atomic mass is 10.1. The number of aryl methyl sites for hydroxylation is 2. The maximum Gasteiger partial charge on any atom is 0.140 e. The number of hydrogen-bond acceptors (Lipinski definition) is 2. The molecule has 0 spiro atoms. The Balaban J connectivity index is 2.40. The molecule has 2 aromatic rings. The van der Waals surface area contributed by atoms with Gasteiger partial charge < -0.3 is 9.88 Å². The first-order chi connectivity index (χ1) is 8.67. The van der Waals surface area contributed by atoms with E-state index in [9.17, 15) is 0 Å². The van der Waals surface area contributed by atoms with E-state index in [1.807, 2.05) is 7.05 Å². The molecule has 1 heterocycles. The van der Waals surface area contributed by atoms with Gasteiger partial charge in [-0.05, 0) is 26.0 Å². The van der Waals surface area contributed by atoms with Crippen LogP contribution < -0.4 is 5.32 Å². The van der Waals surface area contributed by atoms with Crippen LogP contribution in [-0.4, -0.2) is 16.6 Å². The lowest BCUT2D eigenvalue weighted by Crippen LogP contribution is -2.10. The summed E-state index contributed by atoms with van der Waals surface area (Å²) in [5, 5.41) is 3.19. The first kappa shape index (κ1) is 12.8. The van der Waals surface area contributed by atoms with Gasteiger partial charge in [0.1, 0.15) is 5.82 Å². The van der Waals surface area contributed by atoms with Crippen LogP contribution in [0.4, 0.5) is 0 Å². The quantitative estimate of drug-likeness (QED) is 0.894. The minimum absolute atomic E-state index is 0.850. The van der Waals surface area contributed by atoms with Crippen LogP contribution in [0.1, 0.15) is 23.9 Å². The number of hydrogen-bond donors (Lipinski definition) is 1. The van der Waals surface area contributed by atoms with Crippen molar-refractivity contribution in [2.45, 2.75) is 26.8 Å². The molecule has 96 valence electrons. The lowest BCUT2D eigenvalue weighted by Gasteiger charge is -2.06. The van der Waals surface area contributed by atoms with Gasteiger partial charge in [-0.25, -0.2) is 4.98 Å². The molecule has 1 aromatic heterocycles. The van der Waals surface area contributed by atoms with Crippen molar-refractivity contribution in [3.8, 4) is 11.4 Å². The predicted octanol–water partition coefficient (Wildman–Crippen LogP) is 2.68. The molecule has 0 fully saturated rings. The summed E-state index contributed by atoms with van der Waals surface area (Å²) in [5.74, 6) is 1.04. The number of benzene rings is 1. The molecule has 0 atom stereocenters. The van der Waals surface area contributed by atoms with E-state index in [-0.39, 0.29) is 0 Å². The zero-order valence-corrected chi connectivity index (χ0v) is 11.6. The zero-order chi connectivity index (χ0) is 13.1. The molecule has 2 rings (SSSR count). The molecule has 0 saturated carbocycles. The first-order valence-electron chi connectivity index (χ1n) is 6.43. The fraction of sp³-hybridized carbons (Fsp3) is 0.400. The third kappa shape index (κ3) is 2.31. The molecule has 0 saturated heterocycles. The maximum atomic E-state index is 4.68. The predicted molar refractivity (Wildman–Crippen MR) is 75.5 cm³/mol. The molecule has 1 aromatic carbocycles. The molecular weight excluding hydrogens is 222 g/mol. The Hall–Kier alpha value is -1.61. The summed E-state index contributed by atoms with van der Waals surface area (Å²) < 4.78 is 2.17.